The van der Waals surface area contributed by atoms with Gasteiger partial charge in [0.1, 0.15) is 11.4 Å². The minimum absolute atomic E-state index is 0.0664. The van der Waals surface area contributed by atoms with Crippen LogP contribution in [0.4, 0.5) is 5.69 Å². The molecular weight excluding hydrogens is 464 g/mol. The zero-order valence-corrected chi connectivity index (χ0v) is 20.3. The minimum atomic E-state index is -0.496. The van der Waals surface area contributed by atoms with E-state index >= 15 is 0 Å². The topological polar surface area (TPSA) is 93.7 Å². The third kappa shape index (κ3) is 8.04. The van der Waals surface area contributed by atoms with E-state index in [9.17, 15) is 14.4 Å². The fourth-order valence-corrected chi connectivity index (χ4v) is 3.80. The van der Waals surface area contributed by atoms with Gasteiger partial charge in [0.05, 0.1) is 19.5 Å². The van der Waals surface area contributed by atoms with Crippen molar-refractivity contribution in [2.24, 2.45) is 0 Å². The van der Waals surface area contributed by atoms with Crippen molar-refractivity contribution in [1.29, 1.82) is 0 Å². The van der Waals surface area contributed by atoms with Crippen LogP contribution in [0.15, 0.2) is 89.5 Å². The summed E-state index contributed by atoms with van der Waals surface area (Å²) in [6, 6.07) is 22.9. The van der Waals surface area contributed by atoms with Crippen LogP contribution in [-0.4, -0.2) is 37.3 Å². The van der Waals surface area contributed by atoms with Crippen molar-refractivity contribution in [3.8, 4) is 5.75 Å². The van der Waals surface area contributed by atoms with Crippen molar-refractivity contribution >= 4 is 41.3 Å². The van der Waals surface area contributed by atoms with Gasteiger partial charge in [0.15, 0.2) is 0 Å². The molecule has 7 nitrogen and oxygen atoms in total. The summed E-state index contributed by atoms with van der Waals surface area (Å²) in [4.78, 5) is 38.4. The van der Waals surface area contributed by atoms with Crippen LogP contribution in [0.2, 0.25) is 0 Å². The molecule has 0 atom stereocenters. The molecule has 2 N–H and O–H groups in total. The van der Waals surface area contributed by atoms with Gasteiger partial charge >= 0.3 is 5.97 Å². The smallest absolute Gasteiger partial charge is 0.316 e. The Morgan fingerprint density at radius 2 is 1.71 bits per heavy atom. The highest BCUT2D eigenvalue weighted by atomic mass is 32.2. The number of thioether (sulfide) groups is 1. The standard InChI is InChI=1S/C27H26N2O5S/c1-3-34-25(30)18-35-23-14-8-12-21(17-23)28-27(32)24(16-19-9-7-13-22(15-19)33-2)29-26(31)20-10-5-4-6-11-20/h4-17H,3,18H2,1-2H3,(H,28,32)(H,29,31)/b24-16+. The lowest BCUT2D eigenvalue weighted by Gasteiger charge is -2.12. The first-order valence-electron chi connectivity index (χ1n) is 10.9. The average Bonchev–Trinajstić information content (AvgIpc) is 2.88. The molecular formula is C27H26N2O5S. The summed E-state index contributed by atoms with van der Waals surface area (Å²) in [5, 5.41) is 5.53. The lowest BCUT2D eigenvalue weighted by Crippen LogP contribution is -2.30. The van der Waals surface area contributed by atoms with Crippen LogP contribution in [0, 0.1) is 0 Å². The predicted molar refractivity (Wildman–Crippen MR) is 137 cm³/mol. The Hall–Kier alpha value is -4.04. The summed E-state index contributed by atoms with van der Waals surface area (Å²) in [5.41, 5.74) is 1.70. The Bertz CT molecular complexity index is 1210. The summed E-state index contributed by atoms with van der Waals surface area (Å²) in [7, 11) is 1.56. The van der Waals surface area contributed by atoms with Crippen LogP contribution in [0.1, 0.15) is 22.8 Å². The van der Waals surface area contributed by atoms with Gasteiger partial charge in [0.25, 0.3) is 11.8 Å². The summed E-state index contributed by atoms with van der Waals surface area (Å²) < 4.78 is 10.2. The van der Waals surface area contributed by atoms with Crippen molar-refractivity contribution in [2.75, 3.05) is 24.8 Å². The number of anilines is 1. The van der Waals surface area contributed by atoms with Gasteiger partial charge in [0.2, 0.25) is 0 Å². The first-order valence-corrected chi connectivity index (χ1v) is 11.9. The quantitative estimate of drug-likeness (QED) is 0.242. The van der Waals surface area contributed by atoms with E-state index in [1.165, 1.54) is 11.8 Å². The van der Waals surface area contributed by atoms with Crippen molar-refractivity contribution in [2.45, 2.75) is 11.8 Å². The molecule has 180 valence electrons. The Labute approximate surface area is 208 Å². The molecule has 35 heavy (non-hydrogen) atoms. The number of amides is 2. The number of methoxy groups -OCH3 is 1. The van der Waals surface area contributed by atoms with E-state index in [1.54, 1.807) is 86.8 Å². The lowest BCUT2D eigenvalue weighted by atomic mass is 10.1. The molecule has 2 amide bonds. The summed E-state index contributed by atoms with van der Waals surface area (Å²) >= 11 is 1.31. The predicted octanol–water partition coefficient (Wildman–Crippen LogP) is 4.76. The molecule has 0 bridgehead atoms. The molecule has 0 saturated carbocycles. The van der Waals surface area contributed by atoms with Gasteiger partial charge in [-0.25, -0.2) is 0 Å². The molecule has 0 aliphatic rings. The molecule has 0 aliphatic carbocycles. The molecule has 0 unspecified atom stereocenters. The van der Waals surface area contributed by atoms with Crippen LogP contribution in [0.3, 0.4) is 0 Å². The second-order valence-electron chi connectivity index (χ2n) is 7.23. The van der Waals surface area contributed by atoms with Gasteiger partial charge in [-0.2, -0.15) is 0 Å². The van der Waals surface area contributed by atoms with Crippen LogP contribution >= 0.6 is 11.8 Å². The number of nitrogens with one attached hydrogen (secondary N) is 2. The van der Waals surface area contributed by atoms with Crippen LogP contribution < -0.4 is 15.4 Å². The normalized spacial score (nSPS) is 10.9. The van der Waals surface area contributed by atoms with E-state index in [1.807, 2.05) is 12.1 Å². The Morgan fingerprint density at radius 3 is 2.46 bits per heavy atom. The number of benzene rings is 3. The summed E-state index contributed by atoms with van der Waals surface area (Å²) in [6.07, 6.45) is 1.58. The molecule has 0 heterocycles. The molecule has 0 fully saturated rings. The maximum atomic E-state index is 13.2. The highest BCUT2D eigenvalue weighted by Crippen LogP contribution is 2.22. The Kier molecular flexibility index (Phi) is 9.50. The first-order chi connectivity index (χ1) is 17.0. The highest BCUT2D eigenvalue weighted by Gasteiger charge is 2.15. The van der Waals surface area contributed by atoms with Gasteiger partial charge in [0, 0.05) is 16.1 Å². The minimum Gasteiger partial charge on any atom is -0.497 e. The van der Waals surface area contributed by atoms with Crippen molar-refractivity contribution in [3.05, 3.63) is 95.7 Å². The molecule has 0 spiro atoms. The largest absolute Gasteiger partial charge is 0.497 e. The fourth-order valence-electron chi connectivity index (χ4n) is 3.05. The molecule has 3 aromatic rings. The number of carbonyl (C=O) groups excluding carboxylic acids is 3. The second-order valence-corrected chi connectivity index (χ2v) is 8.28. The Morgan fingerprint density at radius 1 is 0.943 bits per heavy atom. The van der Waals surface area contributed by atoms with E-state index in [0.717, 1.165) is 4.90 Å². The Balaban J connectivity index is 1.81. The third-order valence-electron chi connectivity index (χ3n) is 4.69. The van der Waals surface area contributed by atoms with E-state index < -0.39 is 11.8 Å². The number of esters is 1. The third-order valence-corrected chi connectivity index (χ3v) is 5.65. The van der Waals surface area contributed by atoms with Crippen LogP contribution in [0.25, 0.3) is 6.08 Å². The van der Waals surface area contributed by atoms with Gasteiger partial charge in [-0.05, 0) is 61.0 Å². The first kappa shape index (κ1) is 25.6. The molecule has 8 heteroatoms. The number of hydrogen-bond acceptors (Lipinski definition) is 6. The zero-order valence-electron chi connectivity index (χ0n) is 19.4. The average molecular weight is 491 g/mol. The number of carbonyl (C=O) groups is 3. The monoisotopic (exact) mass is 490 g/mol. The lowest BCUT2D eigenvalue weighted by molar-refractivity contribution is -0.139. The van der Waals surface area contributed by atoms with E-state index in [4.69, 9.17) is 9.47 Å². The molecule has 0 radical (unpaired) electrons. The molecule has 3 aromatic carbocycles. The number of hydrogen-bond donors (Lipinski definition) is 2. The van der Waals surface area contributed by atoms with E-state index in [2.05, 4.69) is 10.6 Å². The van der Waals surface area contributed by atoms with Gasteiger partial charge in [-0.15, -0.1) is 11.8 Å². The SMILES string of the molecule is CCOC(=O)CSc1cccc(NC(=O)/C(=C\c2cccc(OC)c2)NC(=O)c2ccccc2)c1. The van der Waals surface area contributed by atoms with Crippen LogP contribution in [0.5, 0.6) is 5.75 Å². The molecule has 3 rings (SSSR count). The summed E-state index contributed by atoms with van der Waals surface area (Å²) in [6.45, 7) is 2.08. The second kappa shape index (κ2) is 13.0. The van der Waals surface area contributed by atoms with E-state index in [0.29, 0.717) is 29.2 Å². The van der Waals surface area contributed by atoms with Gasteiger partial charge in [-0.3, -0.25) is 14.4 Å². The van der Waals surface area contributed by atoms with Crippen molar-refractivity contribution in [3.63, 3.8) is 0 Å². The van der Waals surface area contributed by atoms with Gasteiger partial charge < -0.3 is 20.1 Å². The van der Waals surface area contributed by atoms with Gasteiger partial charge in [-0.1, -0.05) is 36.4 Å². The molecule has 0 saturated heterocycles. The molecule has 0 aliphatic heterocycles. The van der Waals surface area contributed by atoms with E-state index in [-0.39, 0.29) is 17.4 Å². The van der Waals surface area contributed by atoms with Crippen molar-refractivity contribution in [1.82, 2.24) is 5.32 Å². The number of ether oxygens (including phenoxy) is 2. The molecule has 0 aromatic heterocycles. The summed E-state index contributed by atoms with van der Waals surface area (Å²) in [5.74, 6) is -0.420. The zero-order chi connectivity index (χ0) is 25.0. The van der Waals surface area contributed by atoms with Crippen molar-refractivity contribution < 1.29 is 23.9 Å². The highest BCUT2D eigenvalue weighted by molar-refractivity contribution is 8.00. The number of rotatable bonds is 10. The van der Waals surface area contributed by atoms with Crippen LogP contribution in [-0.2, 0) is 14.3 Å². The maximum absolute atomic E-state index is 13.2. The fraction of sp³-hybridized carbons (Fsp3) is 0.148. The maximum Gasteiger partial charge on any atom is 0.316 e.